The van der Waals surface area contributed by atoms with E-state index in [1.54, 1.807) is 6.07 Å². The molecule has 0 saturated heterocycles. The normalized spacial score (nSPS) is 13.9. The van der Waals surface area contributed by atoms with Gasteiger partial charge in [0.2, 0.25) is 0 Å². The van der Waals surface area contributed by atoms with E-state index in [1.807, 2.05) is 0 Å². The van der Waals surface area contributed by atoms with E-state index < -0.39 is 29.9 Å². The van der Waals surface area contributed by atoms with Gasteiger partial charge in [-0.1, -0.05) is 18.2 Å². The second-order valence-electron chi connectivity index (χ2n) is 3.53. The fourth-order valence-corrected chi connectivity index (χ4v) is 1.25. The van der Waals surface area contributed by atoms with Gasteiger partial charge in [-0.3, -0.25) is 4.79 Å². The van der Waals surface area contributed by atoms with Gasteiger partial charge in [-0.25, -0.2) is 9.18 Å². The lowest BCUT2D eigenvalue weighted by molar-refractivity contribution is -0.159. The molecule has 4 N–H and O–H groups in total. The maximum atomic E-state index is 13.2. The van der Waals surface area contributed by atoms with E-state index in [4.69, 9.17) is 20.7 Å². The number of hydrogen-bond donors (Lipinski definition) is 3. The predicted molar refractivity (Wildman–Crippen MR) is 58.2 cm³/mol. The first-order valence-corrected chi connectivity index (χ1v) is 4.99. The summed E-state index contributed by atoms with van der Waals surface area (Å²) in [5.74, 6) is -3.58. The highest BCUT2D eigenvalue weighted by Gasteiger charge is 2.31. The quantitative estimate of drug-likeness (QED) is 0.671. The Morgan fingerprint density at radius 3 is 2.39 bits per heavy atom. The van der Waals surface area contributed by atoms with Crippen LogP contribution in [0.1, 0.15) is 5.56 Å². The number of carbonyl (C=O) groups is 2. The summed E-state index contributed by atoms with van der Waals surface area (Å²) in [5, 5.41) is 17.4. The van der Waals surface area contributed by atoms with E-state index in [0.29, 0.717) is 0 Å². The molecule has 0 aromatic heterocycles. The van der Waals surface area contributed by atoms with Gasteiger partial charge in [0.15, 0.2) is 6.10 Å². The van der Waals surface area contributed by atoms with Gasteiger partial charge in [0.1, 0.15) is 11.9 Å². The van der Waals surface area contributed by atoms with Crippen LogP contribution in [0, 0.1) is 5.82 Å². The monoisotopic (exact) mass is 257 g/mol. The first kappa shape index (κ1) is 14.1. The molecule has 1 aromatic carbocycles. The molecule has 0 saturated carbocycles. The van der Waals surface area contributed by atoms with Gasteiger partial charge in [-0.05, 0) is 6.07 Å². The van der Waals surface area contributed by atoms with E-state index in [0.717, 1.165) is 0 Å². The summed E-state index contributed by atoms with van der Waals surface area (Å²) in [5.41, 5.74) is 5.29. The van der Waals surface area contributed by atoms with Crippen molar-refractivity contribution in [1.82, 2.24) is 0 Å². The zero-order valence-electron chi connectivity index (χ0n) is 9.25. The number of carboxylic acids is 2. The number of benzene rings is 1. The summed E-state index contributed by atoms with van der Waals surface area (Å²) in [6, 6.07) is 3.89. The van der Waals surface area contributed by atoms with Crippen LogP contribution in [0.4, 0.5) is 4.39 Å². The van der Waals surface area contributed by atoms with Gasteiger partial charge in [-0.15, -0.1) is 0 Å². The van der Waals surface area contributed by atoms with Crippen LogP contribution < -0.4 is 5.73 Å². The van der Waals surface area contributed by atoms with Gasteiger partial charge in [0.25, 0.3) is 0 Å². The van der Waals surface area contributed by atoms with Crippen molar-refractivity contribution < 1.29 is 28.9 Å². The van der Waals surface area contributed by atoms with E-state index in [1.165, 1.54) is 18.2 Å². The molecule has 0 radical (unpaired) electrons. The predicted octanol–water partition coefficient (Wildman–Crippen LogP) is 0.207. The number of rotatable bonds is 6. The first-order valence-electron chi connectivity index (χ1n) is 4.99. The average molecular weight is 257 g/mol. The fourth-order valence-electron chi connectivity index (χ4n) is 1.25. The van der Waals surface area contributed by atoms with Crippen LogP contribution in [0.25, 0.3) is 0 Å². The zero-order valence-corrected chi connectivity index (χ0v) is 9.25. The molecule has 1 rings (SSSR count). The fraction of sp³-hybridized carbons (Fsp3) is 0.273. The topological polar surface area (TPSA) is 110 Å². The standard InChI is InChI=1S/C11H12FNO5/c12-7-4-2-1-3-6(7)5-18-9(11(16)17)8(13)10(14)15/h1-4,8-9H,5,13H2,(H,14,15)(H,16,17)/t8-,9-/m0/s1. The Morgan fingerprint density at radius 1 is 1.28 bits per heavy atom. The highest BCUT2D eigenvalue weighted by molar-refractivity contribution is 5.84. The highest BCUT2D eigenvalue weighted by Crippen LogP contribution is 2.10. The minimum Gasteiger partial charge on any atom is -0.480 e. The van der Waals surface area contributed by atoms with Crippen LogP contribution in [0.3, 0.4) is 0 Å². The van der Waals surface area contributed by atoms with Gasteiger partial charge in [0.05, 0.1) is 6.61 Å². The SMILES string of the molecule is N[C@H](C(=O)O)[C@H](OCc1ccccc1F)C(=O)O. The summed E-state index contributed by atoms with van der Waals surface area (Å²) in [4.78, 5) is 21.4. The van der Waals surface area contributed by atoms with Gasteiger partial charge in [0, 0.05) is 5.56 Å². The minimum atomic E-state index is -1.73. The molecule has 98 valence electrons. The lowest BCUT2D eigenvalue weighted by Crippen LogP contribution is -2.47. The zero-order chi connectivity index (χ0) is 13.7. The molecule has 0 spiro atoms. The Bertz CT molecular complexity index is 451. The van der Waals surface area contributed by atoms with Gasteiger partial charge >= 0.3 is 11.9 Å². The Labute approximate surface area is 102 Å². The van der Waals surface area contributed by atoms with Gasteiger partial charge in [-0.2, -0.15) is 0 Å². The number of aliphatic carboxylic acids is 2. The minimum absolute atomic E-state index is 0.126. The number of halogens is 1. The molecule has 0 aliphatic carbocycles. The molecule has 0 fully saturated rings. The second-order valence-corrected chi connectivity index (χ2v) is 3.53. The smallest absolute Gasteiger partial charge is 0.335 e. The molecule has 0 heterocycles. The maximum Gasteiger partial charge on any atom is 0.335 e. The molecule has 0 bridgehead atoms. The Kier molecular flexibility index (Phi) is 4.75. The molecule has 0 aliphatic rings. The maximum absolute atomic E-state index is 13.2. The summed E-state index contributed by atoms with van der Waals surface area (Å²) >= 11 is 0. The largest absolute Gasteiger partial charge is 0.480 e. The van der Waals surface area contributed by atoms with Crippen molar-refractivity contribution in [2.75, 3.05) is 0 Å². The number of carboxylic acid groups (broad SMARTS) is 2. The number of ether oxygens (including phenoxy) is 1. The second kappa shape index (κ2) is 6.08. The van der Waals surface area contributed by atoms with Crippen molar-refractivity contribution in [3.63, 3.8) is 0 Å². The molecule has 7 heteroatoms. The van der Waals surface area contributed by atoms with Crippen molar-refractivity contribution in [2.24, 2.45) is 5.73 Å². The molecular formula is C11H12FNO5. The third-order valence-corrected chi connectivity index (χ3v) is 2.23. The third-order valence-electron chi connectivity index (χ3n) is 2.23. The van der Waals surface area contributed by atoms with E-state index >= 15 is 0 Å². The van der Waals surface area contributed by atoms with Crippen LogP contribution in [0.2, 0.25) is 0 Å². The van der Waals surface area contributed by atoms with Crippen molar-refractivity contribution in [1.29, 1.82) is 0 Å². The van der Waals surface area contributed by atoms with E-state index in [-0.39, 0.29) is 12.2 Å². The van der Waals surface area contributed by atoms with Crippen molar-refractivity contribution in [3.8, 4) is 0 Å². The summed E-state index contributed by atoms with van der Waals surface area (Å²) in [6.45, 7) is -0.370. The molecule has 6 nitrogen and oxygen atoms in total. The van der Waals surface area contributed by atoms with Crippen LogP contribution >= 0.6 is 0 Å². The Balaban J connectivity index is 2.72. The molecule has 1 aromatic rings. The molecule has 18 heavy (non-hydrogen) atoms. The molecule has 2 atom stereocenters. The van der Waals surface area contributed by atoms with Gasteiger partial charge < -0.3 is 20.7 Å². The van der Waals surface area contributed by atoms with Crippen molar-refractivity contribution in [3.05, 3.63) is 35.6 Å². The molecule has 0 aliphatic heterocycles. The number of nitrogens with two attached hydrogens (primary N) is 1. The lowest BCUT2D eigenvalue weighted by Gasteiger charge is -2.17. The van der Waals surface area contributed by atoms with Crippen LogP contribution in [-0.4, -0.2) is 34.3 Å². The first-order chi connectivity index (χ1) is 8.43. The Morgan fingerprint density at radius 2 is 1.89 bits per heavy atom. The number of hydrogen-bond acceptors (Lipinski definition) is 4. The average Bonchev–Trinajstić information content (AvgIpc) is 2.30. The van der Waals surface area contributed by atoms with E-state index in [9.17, 15) is 14.0 Å². The van der Waals surface area contributed by atoms with E-state index in [2.05, 4.69) is 0 Å². The van der Waals surface area contributed by atoms with Crippen molar-refractivity contribution in [2.45, 2.75) is 18.8 Å². The third kappa shape index (κ3) is 3.51. The summed E-state index contributed by atoms with van der Waals surface area (Å²) in [7, 11) is 0. The molecular weight excluding hydrogens is 245 g/mol. The summed E-state index contributed by atoms with van der Waals surface area (Å²) in [6.07, 6.45) is -1.73. The molecule has 0 amide bonds. The van der Waals surface area contributed by atoms with Crippen molar-refractivity contribution >= 4 is 11.9 Å². The van der Waals surface area contributed by atoms with Crippen LogP contribution in [0.15, 0.2) is 24.3 Å². The highest BCUT2D eigenvalue weighted by atomic mass is 19.1. The van der Waals surface area contributed by atoms with Crippen LogP contribution in [0.5, 0.6) is 0 Å². The van der Waals surface area contributed by atoms with Crippen LogP contribution in [-0.2, 0) is 20.9 Å². The molecule has 0 unspecified atom stereocenters. The lowest BCUT2D eigenvalue weighted by atomic mass is 10.1. The summed E-state index contributed by atoms with van der Waals surface area (Å²) < 4.78 is 18.1. The Hall–Kier alpha value is -1.99.